The van der Waals surface area contributed by atoms with Crippen molar-refractivity contribution >= 4 is 38.6 Å². The Kier molecular flexibility index (Phi) is 4.80. The Morgan fingerprint density at radius 2 is 1.93 bits per heavy atom. The number of rotatable bonds is 3. The van der Waals surface area contributed by atoms with Crippen LogP contribution in [0.4, 0.5) is 5.69 Å². The quantitative estimate of drug-likeness (QED) is 0.669. The molecule has 1 aliphatic heterocycles. The Morgan fingerprint density at radius 1 is 1.21 bits per heavy atom. The zero-order valence-electron chi connectivity index (χ0n) is 15.4. The van der Waals surface area contributed by atoms with E-state index in [2.05, 4.69) is 26.2 Å². The van der Waals surface area contributed by atoms with Crippen molar-refractivity contribution in [1.82, 2.24) is 9.55 Å². The Balaban J connectivity index is 1.68. The average Bonchev–Trinajstić information content (AvgIpc) is 2.69. The van der Waals surface area contributed by atoms with Crippen molar-refractivity contribution in [3.63, 3.8) is 0 Å². The molecule has 0 saturated heterocycles. The van der Waals surface area contributed by atoms with Gasteiger partial charge in [-0.3, -0.25) is 9.59 Å². The lowest BCUT2D eigenvalue weighted by atomic mass is 10.1. The molecule has 28 heavy (non-hydrogen) atoms. The maximum Gasteiger partial charge on any atom is 0.272 e. The van der Waals surface area contributed by atoms with Gasteiger partial charge in [0.2, 0.25) is 0 Å². The van der Waals surface area contributed by atoms with Gasteiger partial charge in [-0.05, 0) is 48.0 Å². The Morgan fingerprint density at radius 3 is 2.64 bits per heavy atom. The summed E-state index contributed by atoms with van der Waals surface area (Å²) in [5.41, 5.74) is 2.62. The van der Waals surface area contributed by atoms with Crippen molar-refractivity contribution < 1.29 is 14.3 Å². The molecule has 8 heteroatoms. The molecule has 1 amide bonds. The van der Waals surface area contributed by atoms with Crippen LogP contribution in [-0.4, -0.2) is 28.7 Å². The summed E-state index contributed by atoms with van der Waals surface area (Å²) in [5.74, 6) is 0.944. The van der Waals surface area contributed by atoms with Crippen molar-refractivity contribution in [1.29, 1.82) is 0 Å². The van der Waals surface area contributed by atoms with E-state index in [0.29, 0.717) is 63.7 Å². The molecule has 1 N–H and O–H groups in total. The first kappa shape index (κ1) is 18.5. The molecule has 0 radical (unpaired) electrons. The summed E-state index contributed by atoms with van der Waals surface area (Å²) >= 11 is 3.45. The molecular formula is C20H18BrN3O4. The second-order valence-corrected chi connectivity index (χ2v) is 7.23. The number of nitrogens with zero attached hydrogens (tertiary/aromatic N) is 2. The highest BCUT2D eigenvalue weighted by Gasteiger charge is 2.17. The van der Waals surface area contributed by atoms with Gasteiger partial charge in [0.1, 0.15) is 18.9 Å². The smallest absolute Gasteiger partial charge is 0.272 e. The van der Waals surface area contributed by atoms with E-state index in [1.54, 1.807) is 41.8 Å². The average molecular weight is 444 g/mol. The summed E-state index contributed by atoms with van der Waals surface area (Å²) in [4.78, 5) is 29.4. The second-order valence-electron chi connectivity index (χ2n) is 6.38. The third kappa shape index (κ3) is 3.24. The van der Waals surface area contributed by atoms with Gasteiger partial charge in [0, 0.05) is 28.7 Å². The number of aryl methyl sites for hydroxylation is 2. The summed E-state index contributed by atoms with van der Waals surface area (Å²) in [6.07, 6.45) is 0. The molecule has 3 aromatic rings. The number of hydrogen-bond donors (Lipinski definition) is 1. The molecule has 7 nitrogen and oxygen atoms in total. The van der Waals surface area contributed by atoms with Gasteiger partial charge in [0.05, 0.1) is 16.7 Å². The van der Waals surface area contributed by atoms with Gasteiger partial charge in [-0.2, -0.15) is 0 Å². The van der Waals surface area contributed by atoms with E-state index in [4.69, 9.17) is 9.47 Å². The fourth-order valence-electron chi connectivity index (χ4n) is 3.18. The molecule has 0 saturated carbocycles. The fraction of sp³-hybridized carbons (Fsp3) is 0.250. The molecule has 2 aromatic carbocycles. The number of halogens is 1. The summed E-state index contributed by atoms with van der Waals surface area (Å²) in [6, 6.07) is 8.63. The lowest BCUT2D eigenvalue weighted by Crippen LogP contribution is -2.23. The number of hydrogen-bond acceptors (Lipinski definition) is 5. The number of carbonyl (C=O) groups excluding carboxylic acids is 1. The first-order valence-electron chi connectivity index (χ1n) is 8.89. The molecule has 2 heterocycles. The van der Waals surface area contributed by atoms with Crippen LogP contribution in [0.15, 0.2) is 39.6 Å². The molecule has 1 aliphatic rings. The lowest BCUT2D eigenvalue weighted by molar-refractivity contribution is 0.102. The van der Waals surface area contributed by atoms with Gasteiger partial charge in [-0.1, -0.05) is 0 Å². The number of anilines is 1. The van der Waals surface area contributed by atoms with Crippen molar-refractivity contribution in [3.8, 4) is 11.5 Å². The van der Waals surface area contributed by atoms with Crippen LogP contribution in [0, 0.1) is 6.92 Å². The summed E-state index contributed by atoms with van der Waals surface area (Å²) in [5, 5.41) is 2.88. The van der Waals surface area contributed by atoms with Crippen LogP contribution < -0.4 is 20.3 Å². The third-order valence-corrected chi connectivity index (χ3v) is 5.22. The highest BCUT2D eigenvalue weighted by Crippen LogP contribution is 2.38. The molecule has 0 fully saturated rings. The third-order valence-electron chi connectivity index (χ3n) is 4.57. The number of nitrogens with one attached hydrogen (secondary N) is 1. The van der Waals surface area contributed by atoms with E-state index in [1.807, 2.05) is 6.92 Å². The number of amides is 1. The summed E-state index contributed by atoms with van der Waals surface area (Å²) < 4.78 is 13.5. The van der Waals surface area contributed by atoms with Gasteiger partial charge in [0.25, 0.3) is 11.5 Å². The zero-order valence-corrected chi connectivity index (χ0v) is 17.0. The molecule has 0 bridgehead atoms. The van der Waals surface area contributed by atoms with E-state index >= 15 is 0 Å². The lowest BCUT2D eigenvalue weighted by Gasteiger charge is -2.20. The monoisotopic (exact) mass is 443 g/mol. The maximum absolute atomic E-state index is 12.8. The largest absolute Gasteiger partial charge is 0.486 e. The number of fused-ring (bicyclic) bond motifs is 2. The fourth-order valence-corrected chi connectivity index (χ4v) is 3.61. The second kappa shape index (κ2) is 7.27. The standard InChI is InChI=1S/C20H18BrN3O4/c1-3-24-16-5-4-12(8-15(16)22-11(2)20(24)26)19(25)23-14-10-18-17(9-13(14)21)27-6-7-28-18/h4-5,8-10H,3,6-7H2,1-2H3,(H,23,25). The molecule has 0 aliphatic carbocycles. The molecule has 0 spiro atoms. The van der Waals surface area contributed by atoms with E-state index in [-0.39, 0.29) is 11.5 Å². The van der Waals surface area contributed by atoms with Gasteiger partial charge < -0.3 is 19.4 Å². The molecule has 0 atom stereocenters. The van der Waals surface area contributed by atoms with Crippen molar-refractivity contribution in [2.24, 2.45) is 0 Å². The Hall–Kier alpha value is -2.87. The normalized spacial score (nSPS) is 12.8. The highest BCUT2D eigenvalue weighted by molar-refractivity contribution is 9.10. The summed E-state index contributed by atoms with van der Waals surface area (Å²) in [7, 11) is 0. The van der Waals surface area contributed by atoms with Gasteiger partial charge in [0.15, 0.2) is 11.5 Å². The van der Waals surface area contributed by atoms with Crippen LogP contribution in [0.1, 0.15) is 23.0 Å². The van der Waals surface area contributed by atoms with Gasteiger partial charge in [-0.15, -0.1) is 0 Å². The van der Waals surface area contributed by atoms with E-state index < -0.39 is 0 Å². The number of ether oxygens (including phenoxy) is 2. The molecule has 0 unspecified atom stereocenters. The zero-order chi connectivity index (χ0) is 19.8. The van der Waals surface area contributed by atoms with Crippen LogP contribution in [0.3, 0.4) is 0 Å². The van der Waals surface area contributed by atoms with Gasteiger partial charge in [-0.25, -0.2) is 4.98 Å². The topological polar surface area (TPSA) is 82.5 Å². The number of carbonyl (C=O) groups is 1. The van der Waals surface area contributed by atoms with Crippen molar-refractivity contribution in [2.45, 2.75) is 20.4 Å². The first-order chi connectivity index (χ1) is 13.5. The molecular weight excluding hydrogens is 426 g/mol. The predicted molar refractivity (Wildman–Crippen MR) is 109 cm³/mol. The minimum absolute atomic E-state index is 0.118. The van der Waals surface area contributed by atoms with Crippen LogP contribution in [0.5, 0.6) is 11.5 Å². The number of aromatic nitrogens is 2. The minimum atomic E-state index is -0.284. The predicted octanol–water partition coefficient (Wildman–Crippen LogP) is 3.51. The Labute approximate surface area is 169 Å². The SMILES string of the molecule is CCn1c(=O)c(C)nc2cc(C(=O)Nc3cc4c(cc3Br)OCCO4)ccc21. The van der Waals surface area contributed by atoms with Crippen molar-refractivity contribution in [3.05, 3.63) is 56.4 Å². The maximum atomic E-state index is 12.8. The van der Waals surface area contributed by atoms with E-state index in [0.717, 1.165) is 0 Å². The highest BCUT2D eigenvalue weighted by atomic mass is 79.9. The molecule has 1 aromatic heterocycles. The van der Waals surface area contributed by atoms with Crippen LogP contribution >= 0.6 is 15.9 Å². The number of benzene rings is 2. The minimum Gasteiger partial charge on any atom is -0.486 e. The van der Waals surface area contributed by atoms with Crippen LogP contribution in [0.2, 0.25) is 0 Å². The van der Waals surface area contributed by atoms with Crippen LogP contribution in [0.25, 0.3) is 11.0 Å². The molecule has 144 valence electrons. The summed E-state index contributed by atoms with van der Waals surface area (Å²) in [6.45, 7) is 5.08. The van der Waals surface area contributed by atoms with Crippen molar-refractivity contribution in [2.75, 3.05) is 18.5 Å². The molecule has 4 rings (SSSR count). The van der Waals surface area contributed by atoms with Gasteiger partial charge >= 0.3 is 0 Å². The van der Waals surface area contributed by atoms with E-state index in [1.165, 1.54) is 0 Å². The van der Waals surface area contributed by atoms with E-state index in [9.17, 15) is 9.59 Å². The Bertz CT molecular complexity index is 1160. The van der Waals surface area contributed by atoms with Crippen LogP contribution in [-0.2, 0) is 6.54 Å². The first-order valence-corrected chi connectivity index (χ1v) is 9.69.